The third-order valence-corrected chi connectivity index (χ3v) is 5.87. The highest BCUT2D eigenvalue weighted by Gasteiger charge is 2.47. The predicted molar refractivity (Wildman–Crippen MR) is 116 cm³/mol. The summed E-state index contributed by atoms with van der Waals surface area (Å²) in [5, 5.41) is 5.38. The molecular weight excluding hydrogens is 453 g/mol. The van der Waals surface area contributed by atoms with E-state index in [0.29, 0.717) is 0 Å². The first-order valence-corrected chi connectivity index (χ1v) is 10.9. The topological polar surface area (TPSA) is 125 Å². The first kappa shape index (κ1) is 25.2. The van der Waals surface area contributed by atoms with Crippen LogP contribution in [-0.2, 0) is 10.0 Å². The lowest BCUT2D eigenvalue weighted by molar-refractivity contribution is -0.0429. The van der Waals surface area contributed by atoms with E-state index < -0.39 is 43.5 Å². The van der Waals surface area contributed by atoms with E-state index in [4.69, 9.17) is 0 Å². The highest BCUT2D eigenvalue weighted by Crippen LogP contribution is 2.35. The Hall–Kier alpha value is -3.09. The first-order chi connectivity index (χ1) is 14.6. The van der Waals surface area contributed by atoms with Crippen molar-refractivity contribution in [2.45, 2.75) is 32.3 Å². The number of sulfonamides is 1. The van der Waals surface area contributed by atoms with Gasteiger partial charge >= 0.3 is 15.5 Å². The van der Waals surface area contributed by atoms with Gasteiger partial charge in [-0.2, -0.15) is 21.6 Å². The van der Waals surface area contributed by atoms with Crippen molar-refractivity contribution in [1.29, 1.82) is 0 Å². The normalized spacial score (nSPS) is 13.2. The van der Waals surface area contributed by atoms with Gasteiger partial charge in [0, 0.05) is 20.1 Å². The zero-order valence-corrected chi connectivity index (χ0v) is 18.7. The number of nitrogens with zero attached hydrogens (tertiary/aromatic N) is 1. The molecule has 0 aromatic heterocycles. The third kappa shape index (κ3) is 4.87. The Bertz CT molecular complexity index is 1200. The van der Waals surface area contributed by atoms with E-state index in [1.165, 1.54) is 31.0 Å². The first-order valence-electron chi connectivity index (χ1n) is 9.39. The molecule has 2 aromatic rings. The highest BCUT2D eigenvalue weighted by atomic mass is 32.2. The van der Waals surface area contributed by atoms with Crippen molar-refractivity contribution in [3.8, 4) is 0 Å². The molecular formula is C19H23F3N4O5S. The number of hydrogen-bond donors (Lipinski definition) is 3. The lowest BCUT2D eigenvalue weighted by atomic mass is 10.0. The van der Waals surface area contributed by atoms with Gasteiger partial charge in [-0.3, -0.25) is 19.1 Å². The molecule has 0 aliphatic carbocycles. The van der Waals surface area contributed by atoms with Crippen molar-refractivity contribution < 1.29 is 26.4 Å². The zero-order valence-electron chi connectivity index (χ0n) is 17.9. The van der Waals surface area contributed by atoms with Gasteiger partial charge in [0.25, 0.3) is 16.8 Å². The van der Waals surface area contributed by atoms with Crippen LogP contribution in [0.4, 0.5) is 35.9 Å². The largest absolute Gasteiger partial charge is 0.516 e. The van der Waals surface area contributed by atoms with E-state index in [2.05, 4.69) is 10.6 Å². The summed E-state index contributed by atoms with van der Waals surface area (Å²) in [5.41, 5.74) is -9.14. The second-order valence-electron chi connectivity index (χ2n) is 7.69. The van der Waals surface area contributed by atoms with Gasteiger partial charge in [0.15, 0.2) is 0 Å². The van der Waals surface area contributed by atoms with Crippen LogP contribution in [-0.4, -0.2) is 44.9 Å². The number of hydrogen-bond acceptors (Lipinski definition) is 7. The van der Waals surface area contributed by atoms with E-state index in [9.17, 15) is 36.0 Å². The molecule has 1 amide bonds. The number of anilines is 4. The maximum absolute atomic E-state index is 13.0. The highest BCUT2D eigenvalue weighted by molar-refractivity contribution is 7.93. The Kier molecular flexibility index (Phi) is 6.93. The Morgan fingerprint density at radius 2 is 1.56 bits per heavy atom. The molecule has 0 aliphatic heterocycles. The van der Waals surface area contributed by atoms with Crippen LogP contribution in [0.3, 0.4) is 0 Å². The standard InChI is InChI=1S/C19H23F3N4O5S/c1-9(2)10(3)23-14-15(17(28)16(14)27)24-12-8-6-7-11(18(29)26(4)5)13(12)25-32(30,31)19(20,21)22/h6-10,23-25H,1-5H3/t10-/m0/s1. The van der Waals surface area contributed by atoms with Crippen molar-refractivity contribution in [1.82, 2.24) is 4.90 Å². The quantitative estimate of drug-likeness (QED) is 0.500. The van der Waals surface area contributed by atoms with Gasteiger partial charge in [0.05, 0.1) is 16.9 Å². The summed E-state index contributed by atoms with van der Waals surface area (Å²) in [7, 11) is -3.23. The second-order valence-corrected chi connectivity index (χ2v) is 9.36. The van der Waals surface area contributed by atoms with Crippen molar-refractivity contribution in [2.75, 3.05) is 29.5 Å². The van der Waals surface area contributed by atoms with Gasteiger partial charge in [-0.25, -0.2) is 0 Å². The molecule has 0 radical (unpaired) electrons. The third-order valence-electron chi connectivity index (χ3n) is 4.78. The van der Waals surface area contributed by atoms with Crippen LogP contribution < -0.4 is 26.2 Å². The number of carbonyl (C=O) groups excluding carboxylic acids is 1. The predicted octanol–water partition coefficient (Wildman–Crippen LogP) is 2.45. The fourth-order valence-corrected chi connectivity index (χ4v) is 3.16. The molecule has 2 aromatic carbocycles. The summed E-state index contributed by atoms with van der Waals surface area (Å²) in [6.07, 6.45) is 0. The molecule has 1 atom stereocenters. The average molecular weight is 476 g/mol. The molecule has 0 spiro atoms. The van der Waals surface area contributed by atoms with Gasteiger partial charge in [0.2, 0.25) is 0 Å². The molecule has 2 rings (SSSR count). The molecule has 0 unspecified atom stereocenters. The summed E-state index contributed by atoms with van der Waals surface area (Å²) in [6.45, 7) is 5.51. The molecule has 0 saturated heterocycles. The monoisotopic (exact) mass is 476 g/mol. The van der Waals surface area contributed by atoms with E-state index in [0.717, 1.165) is 11.0 Å². The summed E-state index contributed by atoms with van der Waals surface area (Å²) >= 11 is 0. The Morgan fingerprint density at radius 1 is 1.00 bits per heavy atom. The molecule has 9 nitrogen and oxygen atoms in total. The molecule has 0 aliphatic rings. The Labute approximate surface area is 182 Å². The summed E-state index contributed by atoms with van der Waals surface area (Å²) in [5.74, 6) is -0.701. The van der Waals surface area contributed by atoms with Gasteiger partial charge in [-0.15, -0.1) is 0 Å². The Balaban J connectivity index is 2.60. The van der Waals surface area contributed by atoms with Gasteiger partial charge < -0.3 is 15.5 Å². The number of nitrogens with one attached hydrogen (secondary N) is 3. The maximum atomic E-state index is 13.0. The number of carbonyl (C=O) groups is 1. The van der Waals surface area contributed by atoms with Crippen molar-refractivity contribution in [3.63, 3.8) is 0 Å². The SMILES string of the molecule is CC(C)[C@H](C)Nc1c(Nc2cccc(C(=O)N(C)C)c2NS(=O)(=O)C(F)(F)F)c(=O)c1=O. The van der Waals surface area contributed by atoms with Crippen LogP contribution in [0.5, 0.6) is 0 Å². The number of para-hydroxylation sites is 1. The van der Waals surface area contributed by atoms with Crippen LogP contribution in [0.25, 0.3) is 0 Å². The minimum Gasteiger partial charge on any atom is -0.377 e. The van der Waals surface area contributed by atoms with Crippen LogP contribution in [0.2, 0.25) is 0 Å². The molecule has 176 valence electrons. The van der Waals surface area contributed by atoms with Crippen LogP contribution in [0.1, 0.15) is 31.1 Å². The van der Waals surface area contributed by atoms with Gasteiger partial charge in [0.1, 0.15) is 11.4 Å². The van der Waals surface area contributed by atoms with Crippen LogP contribution >= 0.6 is 0 Å². The molecule has 0 bridgehead atoms. The summed E-state index contributed by atoms with van der Waals surface area (Å²) in [4.78, 5) is 37.6. The van der Waals surface area contributed by atoms with Crippen LogP contribution in [0, 0.1) is 5.92 Å². The molecule has 0 fully saturated rings. The molecule has 13 heteroatoms. The molecule has 0 saturated carbocycles. The fourth-order valence-electron chi connectivity index (χ4n) is 2.56. The van der Waals surface area contributed by atoms with Crippen molar-refractivity contribution >= 4 is 38.7 Å². The summed E-state index contributed by atoms with van der Waals surface area (Å²) < 4.78 is 63.9. The number of benzene rings is 1. The number of rotatable bonds is 8. The van der Waals surface area contributed by atoms with Gasteiger partial charge in [-0.1, -0.05) is 19.9 Å². The average Bonchev–Trinajstić information content (AvgIpc) is 2.69. The minimum atomic E-state index is -5.89. The lowest BCUT2D eigenvalue weighted by Crippen LogP contribution is -2.39. The Morgan fingerprint density at radius 3 is 2.06 bits per heavy atom. The van der Waals surface area contributed by atoms with E-state index in [-0.39, 0.29) is 29.0 Å². The smallest absolute Gasteiger partial charge is 0.377 e. The van der Waals surface area contributed by atoms with E-state index >= 15 is 0 Å². The molecule has 0 heterocycles. The summed E-state index contributed by atoms with van der Waals surface area (Å²) in [6, 6.07) is 3.38. The maximum Gasteiger partial charge on any atom is 0.516 e. The minimum absolute atomic E-state index is 0.0785. The van der Waals surface area contributed by atoms with Gasteiger partial charge in [-0.05, 0) is 25.0 Å². The van der Waals surface area contributed by atoms with Crippen LogP contribution in [0.15, 0.2) is 27.8 Å². The molecule has 32 heavy (non-hydrogen) atoms. The zero-order chi connectivity index (χ0) is 24.6. The number of alkyl halides is 3. The van der Waals surface area contributed by atoms with E-state index in [1.54, 1.807) is 6.92 Å². The van der Waals surface area contributed by atoms with E-state index in [1.807, 2.05) is 13.8 Å². The lowest BCUT2D eigenvalue weighted by Gasteiger charge is -2.24. The number of halogens is 3. The van der Waals surface area contributed by atoms with Crippen molar-refractivity contribution in [3.05, 3.63) is 44.2 Å². The second kappa shape index (κ2) is 8.81. The molecule has 3 N–H and O–H groups in total. The fraction of sp³-hybridized carbons (Fsp3) is 0.421. The number of amides is 1. The van der Waals surface area contributed by atoms with Crippen molar-refractivity contribution in [2.24, 2.45) is 5.92 Å².